The summed E-state index contributed by atoms with van der Waals surface area (Å²) in [6.07, 6.45) is 1.27. The minimum absolute atomic E-state index is 0.0661. The van der Waals surface area contributed by atoms with E-state index in [1.807, 2.05) is 0 Å². The Labute approximate surface area is 157 Å². The third-order valence-corrected chi connectivity index (χ3v) is 4.07. The lowest BCUT2D eigenvalue weighted by atomic mass is 10.1. The first-order valence-electron chi connectivity index (χ1n) is 7.66. The van der Waals surface area contributed by atoms with E-state index < -0.39 is 17.8 Å². The number of hydrogen-bond donors (Lipinski definition) is 0. The Morgan fingerprint density at radius 3 is 2.74 bits per heavy atom. The first-order valence-corrected chi connectivity index (χ1v) is 8.04. The zero-order valence-electron chi connectivity index (χ0n) is 14.2. The molecule has 0 radical (unpaired) electrons. The Bertz CT molecular complexity index is 989. The van der Waals surface area contributed by atoms with Crippen molar-refractivity contribution in [1.82, 2.24) is 5.16 Å². The average molecular weight is 394 g/mol. The van der Waals surface area contributed by atoms with Gasteiger partial charge in [0.05, 0.1) is 24.0 Å². The van der Waals surface area contributed by atoms with E-state index in [2.05, 4.69) is 9.89 Å². The molecule has 0 spiro atoms. The van der Waals surface area contributed by atoms with Gasteiger partial charge < -0.3 is 18.4 Å². The topological polar surface area (TPSA) is 91.8 Å². The molecule has 0 aliphatic heterocycles. The summed E-state index contributed by atoms with van der Waals surface area (Å²) in [5.74, 6) is -1.90. The molecule has 7 nitrogen and oxygen atoms in total. The zero-order valence-corrected chi connectivity index (χ0v) is 15.0. The van der Waals surface area contributed by atoms with E-state index in [9.17, 15) is 14.0 Å². The molecule has 27 heavy (non-hydrogen) atoms. The highest BCUT2D eigenvalue weighted by atomic mass is 35.5. The maximum absolute atomic E-state index is 14.2. The first-order chi connectivity index (χ1) is 12.9. The minimum atomic E-state index is -0.838. The SMILES string of the molecule is COC(=O)c1ccoc1COC(=O)c1c(-c2c(F)cccc2Cl)noc1C. The predicted octanol–water partition coefficient (Wildman–Crippen LogP) is 4.18. The summed E-state index contributed by atoms with van der Waals surface area (Å²) in [6, 6.07) is 5.47. The van der Waals surface area contributed by atoms with Crippen molar-refractivity contribution in [2.45, 2.75) is 13.5 Å². The first kappa shape index (κ1) is 18.7. The van der Waals surface area contributed by atoms with Gasteiger partial charge in [-0.15, -0.1) is 0 Å². The molecule has 0 fully saturated rings. The Kier molecular flexibility index (Phi) is 5.27. The largest absolute Gasteiger partial charge is 0.465 e. The lowest BCUT2D eigenvalue weighted by Crippen LogP contribution is -2.10. The summed E-state index contributed by atoms with van der Waals surface area (Å²) < 4.78 is 34.2. The maximum atomic E-state index is 14.2. The van der Waals surface area contributed by atoms with Crippen molar-refractivity contribution in [3.05, 3.63) is 64.0 Å². The Balaban J connectivity index is 1.88. The normalized spacial score (nSPS) is 10.7. The molecule has 2 aromatic heterocycles. The summed E-state index contributed by atoms with van der Waals surface area (Å²) in [5, 5.41) is 3.80. The van der Waals surface area contributed by atoms with Gasteiger partial charge in [-0.3, -0.25) is 0 Å². The maximum Gasteiger partial charge on any atom is 0.344 e. The zero-order chi connectivity index (χ0) is 19.6. The van der Waals surface area contributed by atoms with Crippen LogP contribution in [0.15, 0.2) is 39.5 Å². The van der Waals surface area contributed by atoms with Gasteiger partial charge in [-0.25, -0.2) is 14.0 Å². The van der Waals surface area contributed by atoms with Crippen LogP contribution >= 0.6 is 11.6 Å². The number of ether oxygens (including phenoxy) is 2. The molecule has 0 saturated heterocycles. The Morgan fingerprint density at radius 2 is 2.04 bits per heavy atom. The van der Waals surface area contributed by atoms with Crippen LogP contribution in [0.5, 0.6) is 0 Å². The van der Waals surface area contributed by atoms with Crippen LogP contribution < -0.4 is 0 Å². The second kappa shape index (κ2) is 7.63. The highest BCUT2D eigenvalue weighted by molar-refractivity contribution is 6.33. The number of methoxy groups -OCH3 is 1. The highest BCUT2D eigenvalue weighted by Gasteiger charge is 2.27. The van der Waals surface area contributed by atoms with Crippen molar-refractivity contribution in [1.29, 1.82) is 0 Å². The number of aryl methyl sites for hydroxylation is 1. The van der Waals surface area contributed by atoms with E-state index in [-0.39, 0.29) is 45.5 Å². The number of furan rings is 1. The quantitative estimate of drug-likeness (QED) is 0.600. The smallest absolute Gasteiger partial charge is 0.344 e. The van der Waals surface area contributed by atoms with E-state index in [4.69, 9.17) is 25.3 Å². The summed E-state index contributed by atoms with van der Waals surface area (Å²) in [5.41, 5.74) is -0.0951. The fourth-order valence-corrected chi connectivity index (χ4v) is 2.71. The van der Waals surface area contributed by atoms with Gasteiger partial charge in [0.25, 0.3) is 0 Å². The number of aromatic nitrogens is 1. The van der Waals surface area contributed by atoms with Gasteiger partial charge in [0.15, 0.2) is 12.4 Å². The van der Waals surface area contributed by atoms with Crippen LogP contribution in [0, 0.1) is 12.7 Å². The molecule has 0 unspecified atom stereocenters. The number of nitrogens with zero attached hydrogens (tertiary/aromatic N) is 1. The van der Waals surface area contributed by atoms with E-state index in [1.54, 1.807) is 0 Å². The van der Waals surface area contributed by atoms with Gasteiger partial charge in [-0.05, 0) is 25.1 Å². The van der Waals surface area contributed by atoms with Crippen LogP contribution in [-0.2, 0) is 16.1 Å². The van der Waals surface area contributed by atoms with Gasteiger partial charge in [0, 0.05) is 0 Å². The van der Waals surface area contributed by atoms with E-state index in [0.29, 0.717) is 0 Å². The molecule has 3 rings (SSSR count). The predicted molar refractivity (Wildman–Crippen MR) is 90.8 cm³/mol. The third-order valence-electron chi connectivity index (χ3n) is 3.75. The molecular formula is C18H13ClFNO6. The van der Waals surface area contributed by atoms with Crippen molar-refractivity contribution >= 4 is 23.5 Å². The second-order valence-electron chi connectivity index (χ2n) is 5.38. The molecule has 0 amide bonds. The van der Waals surface area contributed by atoms with Crippen molar-refractivity contribution in [2.24, 2.45) is 0 Å². The molecule has 0 aliphatic rings. The van der Waals surface area contributed by atoms with Crippen molar-refractivity contribution in [3.63, 3.8) is 0 Å². The Morgan fingerprint density at radius 1 is 1.26 bits per heavy atom. The van der Waals surface area contributed by atoms with Crippen LogP contribution in [0.3, 0.4) is 0 Å². The van der Waals surface area contributed by atoms with Crippen LogP contribution in [0.1, 0.15) is 32.2 Å². The number of rotatable bonds is 5. The number of carbonyl (C=O) groups excluding carboxylic acids is 2. The average Bonchev–Trinajstić information content (AvgIpc) is 3.26. The molecular weight excluding hydrogens is 381 g/mol. The van der Waals surface area contributed by atoms with Crippen molar-refractivity contribution in [3.8, 4) is 11.3 Å². The van der Waals surface area contributed by atoms with Crippen molar-refractivity contribution in [2.75, 3.05) is 7.11 Å². The lowest BCUT2D eigenvalue weighted by Gasteiger charge is -2.07. The highest BCUT2D eigenvalue weighted by Crippen LogP contribution is 2.33. The summed E-state index contributed by atoms with van der Waals surface area (Å²) in [6.45, 7) is 1.14. The fourth-order valence-electron chi connectivity index (χ4n) is 2.45. The fraction of sp³-hybridized carbons (Fsp3) is 0.167. The molecule has 0 bridgehead atoms. The number of esters is 2. The molecule has 3 aromatic rings. The summed E-state index contributed by atoms with van der Waals surface area (Å²) >= 11 is 6.04. The number of hydrogen-bond acceptors (Lipinski definition) is 7. The third kappa shape index (κ3) is 3.56. The van der Waals surface area contributed by atoms with Gasteiger partial charge in [-0.2, -0.15) is 0 Å². The minimum Gasteiger partial charge on any atom is -0.465 e. The second-order valence-corrected chi connectivity index (χ2v) is 5.79. The molecule has 2 heterocycles. The molecule has 9 heteroatoms. The van der Waals surface area contributed by atoms with Gasteiger partial charge >= 0.3 is 11.9 Å². The summed E-state index contributed by atoms with van der Waals surface area (Å²) in [4.78, 5) is 24.2. The molecule has 0 atom stereocenters. The van der Waals surface area contributed by atoms with Gasteiger partial charge in [-0.1, -0.05) is 22.8 Å². The number of benzene rings is 1. The lowest BCUT2D eigenvalue weighted by molar-refractivity contribution is 0.0431. The Hall–Kier alpha value is -3.13. The number of carbonyl (C=O) groups is 2. The van der Waals surface area contributed by atoms with Crippen LogP contribution in [-0.4, -0.2) is 24.2 Å². The molecule has 1 aromatic carbocycles. The van der Waals surface area contributed by atoms with E-state index >= 15 is 0 Å². The van der Waals surface area contributed by atoms with Gasteiger partial charge in [0.1, 0.15) is 28.4 Å². The number of halogens is 2. The standard InChI is InChI=1S/C18H13ClFNO6/c1-9-14(16(21-27-9)15-11(19)4-3-5-12(15)20)18(23)26-8-13-10(6-7-25-13)17(22)24-2/h3-7H,8H2,1-2H3. The van der Waals surface area contributed by atoms with E-state index in [0.717, 1.165) is 0 Å². The van der Waals surface area contributed by atoms with E-state index in [1.165, 1.54) is 44.6 Å². The van der Waals surface area contributed by atoms with Gasteiger partial charge in [0.2, 0.25) is 0 Å². The molecule has 0 saturated carbocycles. The van der Waals surface area contributed by atoms with Crippen LogP contribution in [0.2, 0.25) is 5.02 Å². The molecule has 0 aliphatic carbocycles. The molecule has 140 valence electrons. The summed E-state index contributed by atoms with van der Waals surface area (Å²) in [7, 11) is 1.22. The van der Waals surface area contributed by atoms with Crippen LogP contribution in [0.25, 0.3) is 11.3 Å². The monoisotopic (exact) mass is 393 g/mol. The van der Waals surface area contributed by atoms with Crippen LogP contribution in [0.4, 0.5) is 4.39 Å². The van der Waals surface area contributed by atoms with Crippen molar-refractivity contribution < 1.29 is 32.4 Å². The molecule has 0 N–H and O–H groups in total.